The topological polar surface area (TPSA) is 26.0 Å². The van der Waals surface area contributed by atoms with Gasteiger partial charge in [0.15, 0.2) is 0 Å². The summed E-state index contributed by atoms with van der Waals surface area (Å²) in [6, 6.07) is 12.6. The number of benzene rings is 2. The zero-order valence-electron chi connectivity index (χ0n) is 9.33. The number of fused-ring (bicyclic) bond motifs is 1. The van der Waals surface area contributed by atoms with Crippen molar-refractivity contribution >= 4 is 39.1 Å². The van der Waals surface area contributed by atoms with Crippen molar-refractivity contribution in [3.8, 4) is 0 Å². The molecule has 0 aromatic heterocycles. The molecule has 16 heavy (non-hydrogen) atoms. The van der Waals surface area contributed by atoms with Crippen LogP contribution in [-0.4, -0.2) is 0 Å². The van der Waals surface area contributed by atoms with Crippen molar-refractivity contribution < 1.29 is 0 Å². The Morgan fingerprint density at radius 3 is 2.19 bits per heavy atom. The first-order chi connectivity index (χ1) is 6.97. The Hall–Kier alpha value is -0.570. The molecule has 1 nitrogen and oxygen atoms in total. The normalized spacial score (nSPS) is 11.2. The Labute approximate surface area is 111 Å². The minimum absolute atomic E-state index is 0. The summed E-state index contributed by atoms with van der Waals surface area (Å²) in [4.78, 5) is 0. The third-order valence-corrected chi connectivity index (χ3v) is 3.04. The van der Waals surface area contributed by atoms with E-state index >= 15 is 0 Å². The van der Waals surface area contributed by atoms with E-state index in [4.69, 9.17) is 5.73 Å². The Balaban J connectivity index is 0.00000128. The number of hydrogen-bond donors (Lipinski definition) is 1. The van der Waals surface area contributed by atoms with Crippen LogP contribution in [0.4, 0.5) is 0 Å². The predicted molar refractivity (Wildman–Crippen MR) is 76.1 cm³/mol. The van der Waals surface area contributed by atoms with Crippen LogP contribution < -0.4 is 5.73 Å². The highest BCUT2D eigenvalue weighted by Gasteiger charge is 2.13. The van der Waals surface area contributed by atoms with Crippen LogP contribution in [0.3, 0.4) is 0 Å². The molecule has 2 N–H and O–H groups in total. The van der Waals surface area contributed by atoms with E-state index in [0.717, 1.165) is 10.0 Å². The van der Waals surface area contributed by atoms with Crippen LogP contribution in [0.15, 0.2) is 40.9 Å². The average molecular weight is 301 g/mol. The van der Waals surface area contributed by atoms with Crippen LogP contribution in [0.25, 0.3) is 10.8 Å². The van der Waals surface area contributed by atoms with E-state index in [0.29, 0.717) is 0 Å². The van der Waals surface area contributed by atoms with Gasteiger partial charge in [0.25, 0.3) is 0 Å². The van der Waals surface area contributed by atoms with Gasteiger partial charge >= 0.3 is 0 Å². The van der Waals surface area contributed by atoms with Gasteiger partial charge in [-0.25, -0.2) is 0 Å². The van der Waals surface area contributed by atoms with Crippen LogP contribution in [0.2, 0.25) is 0 Å². The van der Waals surface area contributed by atoms with Gasteiger partial charge in [-0.15, -0.1) is 12.4 Å². The van der Waals surface area contributed by atoms with E-state index in [1.54, 1.807) is 0 Å². The molecule has 0 aliphatic carbocycles. The number of rotatable bonds is 1. The van der Waals surface area contributed by atoms with Gasteiger partial charge < -0.3 is 5.73 Å². The van der Waals surface area contributed by atoms with Crippen molar-refractivity contribution in [2.24, 2.45) is 5.73 Å². The molecule has 2 aromatic carbocycles. The molecular formula is C13H15BrClN. The number of hydrogen-bond acceptors (Lipinski definition) is 1. The molecule has 0 fully saturated rings. The second-order valence-corrected chi connectivity index (χ2v) is 5.34. The molecular weight excluding hydrogens is 286 g/mol. The monoisotopic (exact) mass is 299 g/mol. The van der Waals surface area contributed by atoms with Crippen molar-refractivity contribution in [3.63, 3.8) is 0 Å². The standard InChI is InChI=1S/C13H14BrN.ClH/c1-13(2,15)11-5-3-10-8-12(14)6-4-9(10)7-11;/h3-8H,15H2,1-2H3;1H. The summed E-state index contributed by atoms with van der Waals surface area (Å²) in [6.07, 6.45) is 0. The molecule has 0 radical (unpaired) electrons. The lowest BCUT2D eigenvalue weighted by molar-refractivity contribution is 0.555. The minimum Gasteiger partial charge on any atom is -0.322 e. The fourth-order valence-corrected chi connectivity index (χ4v) is 2.00. The van der Waals surface area contributed by atoms with Crippen molar-refractivity contribution in [1.29, 1.82) is 0 Å². The molecule has 0 heterocycles. The largest absolute Gasteiger partial charge is 0.322 e. The van der Waals surface area contributed by atoms with Gasteiger partial charge in [0.1, 0.15) is 0 Å². The maximum atomic E-state index is 6.07. The SMILES string of the molecule is CC(C)(N)c1ccc2cc(Br)ccc2c1.Cl. The summed E-state index contributed by atoms with van der Waals surface area (Å²) in [5.41, 5.74) is 6.96. The van der Waals surface area contributed by atoms with Gasteiger partial charge in [0.2, 0.25) is 0 Å². The fourth-order valence-electron chi connectivity index (χ4n) is 1.62. The second-order valence-electron chi connectivity index (χ2n) is 4.43. The van der Waals surface area contributed by atoms with Crippen molar-refractivity contribution in [1.82, 2.24) is 0 Å². The molecule has 2 rings (SSSR count). The van der Waals surface area contributed by atoms with Crippen LogP contribution in [0.1, 0.15) is 19.4 Å². The second kappa shape index (κ2) is 4.74. The average Bonchev–Trinajstić information content (AvgIpc) is 2.15. The molecule has 2 aromatic rings. The summed E-state index contributed by atoms with van der Waals surface area (Å²) < 4.78 is 1.11. The highest BCUT2D eigenvalue weighted by atomic mass is 79.9. The molecule has 0 aliphatic heterocycles. The molecule has 0 atom stereocenters. The van der Waals surface area contributed by atoms with Crippen LogP contribution in [0, 0.1) is 0 Å². The molecule has 86 valence electrons. The Bertz CT molecular complexity index is 503. The van der Waals surface area contributed by atoms with Gasteiger partial charge in [-0.2, -0.15) is 0 Å². The highest BCUT2D eigenvalue weighted by molar-refractivity contribution is 9.10. The minimum atomic E-state index is -0.277. The molecule has 0 saturated carbocycles. The smallest absolute Gasteiger partial charge is 0.0352 e. The van der Waals surface area contributed by atoms with Crippen LogP contribution >= 0.6 is 28.3 Å². The maximum Gasteiger partial charge on any atom is 0.0352 e. The van der Waals surface area contributed by atoms with E-state index < -0.39 is 0 Å². The molecule has 0 saturated heterocycles. The lowest BCUT2D eigenvalue weighted by Crippen LogP contribution is -2.28. The predicted octanol–water partition coefficient (Wildman–Crippen LogP) is 4.22. The van der Waals surface area contributed by atoms with Gasteiger partial charge in [0.05, 0.1) is 0 Å². The van der Waals surface area contributed by atoms with Crippen LogP contribution in [0.5, 0.6) is 0 Å². The molecule has 0 bridgehead atoms. The summed E-state index contributed by atoms with van der Waals surface area (Å²) in [7, 11) is 0. The van der Waals surface area contributed by atoms with E-state index in [1.807, 2.05) is 13.8 Å². The molecule has 0 unspecified atom stereocenters. The highest BCUT2D eigenvalue weighted by Crippen LogP contribution is 2.24. The number of halogens is 2. The Morgan fingerprint density at radius 1 is 1.00 bits per heavy atom. The first-order valence-electron chi connectivity index (χ1n) is 4.95. The third kappa shape index (κ3) is 2.76. The lowest BCUT2D eigenvalue weighted by atomic mass is 9.93. The number of nitrogens with two attached hydrogens (primary N) is 1. The molecule has 0 aliphatic rings. The van der Waals surface area contributed by atoms with Crippen molar-refractivity contribution in [2.45, 2.75) is 19.4 Å². The fraction of sp³-hybridized carbons (Fsp3) is 0.231. The maximum absolute atomic E-state index is 6.07. The first-order valence-corrected chi connectivity index (χ1v) is 5.75. The first kappa shape index (κ1) is 13.5. The molecule has 0 amide bonds. The summed E-state index contributed by atoms with van der Waals surface area (Å²) >= 11 is 3.47. The third-order valence-electron chi connectivity index (χ3n) is 2.55. The van der Waals surface area contributed by atoms with Crippen molar-refractivity contribution in [2.75, 3.05) is 0 Å². The zero-order chi connectivity index (χ0) is 11.1. The Morgan fingerprint density at radius 2 is 1.56 bits per heavy atom. The summed E-state index contributed by atoms with van der Waals surface area (Å²) in [5, 5.41) is 2.46. The van der Waals surface area contributed by atoms with Gasteiger partial charge in [-0.1, -0.05) is 34.1 Å². The van der Waals surface area contributed by atoms with Gasteiger partial charge in [-0.05, 0) is 48.4 Å². The quantitative estimate of drug-likeness (QED) is 0.838. The van der Waals surface area contributed by atoms with E-state index in [-0.39, 0.29) is 17.9 Å². The molecule has 3 heteroatoms. The zero-order valence-corrected chi connectivity index (χ0v) is 11.7. The van der Waals surface area contributed by atoms with Crippen molar-refractivity contribution in [3.05, 3.63) is 46.4 Å². The Kier molecular flexibility index (Phi) is 4.00. The van der Waals surface area contributed by atoms with Gasteiger partial charge in [0, 0.05) is 10.0 Å². The van der Waals surface area contributed by atoms with E-state index in [1.165, 1.54) is 10.8 Å². The summed E-state index contributed by atoms with van der Waals surface area (Å²) in [6.45, 7) is 4.04. The summed E-state index contributed by atoms with van der Waals surface area (Å²) in [5.74, 6) is 0. The lowest BCUT2D eigenvalue weighted by Gasteiger charge is -2.19. The van der Waals surface area contributed by atoms with E-state index in [2.05, 4.69) is 52.3 Å². The molecule has 0 spiro atoms. The van der Waals surface area contributed by atoms with E-state index in [9.17, 15) is 0 Å². The van der Waals surface area contributed by atoms with Gasteiger partial charge in [-0.3, -0.25) is 0 Å². The van der Waals surface area contributed by atoms with Crippen LogP contribution in [-0.2, 0) is 5.54 Å².